The van der Waals surface area contributed by atoms with Crippen LogP contribution >= 0.6 is 0 Å². The summed E-state index contributed by atoms with van der Waals surface area (Å²) in [7, 11) is 0. The minimum atomic E-state index is -5.08. The Hall–Kier alpha value is -4.01. The van der Waals surface area contributed by atoms with Gasteiger partial charge in [0, 0.05) is 37.7 Å². The molecule has 3 aromatic rings. The first-order valence-corrected chi connectivity index (χ1v) is 11.6. The van der Waals surface area contributed by atoms with Crippen LogP contribution in [0, 0.1) is 11.2 Å². The molecule has 40 heavy (non-hydrogen) atoms. The number of hydrogen-bond acceptors (Lipinski definition) is 5. The highest BCUT2D eigenvalue weighted by Crippen LogP contribution is 2.42. The molecule has 1 fully saturated rings. The van der Waals surface area contributed by atoms with Gasteiger partial charge in [0.25, 0.3) is 0 Å². The number of alkyl halides is 6. The molecule has 2 aromatic heterocycles. The summed E-state index contributed by atoms with van der Waals surface area (Å²) in [6, 6.07) is 12.8. The molecular weight excluding hydrogens is 553 g/mol. The third kappa shape index (κ3) is 8.00. The van der Waals surface area contributed by atoms with Gasteiger partial charge in [0.05, 0.1) is 17.6 Å². The Morgan fingerprint density at radius 1 is 0.900 bits per heavy atom. The van der Waals surface area contributed by atoms with E-state index < -0.39 is 24.3 Å². The quantitative estimate of drug-likeness (QED) is 0.432. The molecular formula is C25H23F7N4O4. The van der Waals surface area contributed by atoms with Crippen molar-refractivity contribution < 1.29 is 50.5 Å². The molecule has 216 valence electrons. The van der Waals surface area contributed by atoms with Crippen molar-refractivity contribution in [1.82, 2.24) is 19.4 Å². The lowest BCUT2D eigenvalue weighted by Gasteiger charge is -2.23. The zero-order valence-electron chi connectivity index (χ0n) is 20.6. The second kappa shape index (κ2) is 12.0. The molecule has 4 heterocycles. The van der Waals surface area contributed by atoms with Crippen LogP contribution in [-0.4, -0.2) is 67.0 Å². The third-order valence-corrected chi connectivity index (χ3v) is 6.22. The minimum absolute atomic E-state index is 0.202. The topological polar surface area (TPSA) is 109 Å². The monoisotopic (exact) mass is 576 g/mol. The maximum absolute atomic E-state index is 13.2. The van der Waals surface area contributed by atoms with Crippen molar-refractivity contribution in [3.05, 3.63) is 72.2 Å². The first-order valence-electron chi connectivity index (χ1n) is 11.6. The Morgan fingerprint density at radius 3 is 2.02 bits per heavy atom. The number of imidazole rings is 1. The van der Waals surface area contributed by atoms with Gasteiger partial charge < -0.3 is 14.8 Å². The van der Waals surface area contributed by atoms with Crippen LogP contribution in [0.3, 0.4) is 0 Å². The molecule has 0 bridgehead atoms. The predicted octanol–water partition coefficient (Wildman–Crippen LogP) is 4.80. The summed E-state index contributed by atoms with van der Waals surface area (Å²) >= 11 is 0. The van der Waals surface area contributed by atoms with E-state index in [1.165, 1.54) is 18.6 Å². The highest BCUT2D eigenvalue weighted by Gasteiger charge is 2.44. The Labute approximate surface area is 222 Å². The molecule has 2 aliphatic heterocycles. The fraction of sp³-hybridized carbons (Fsp3) is 0.360. The smallest absolute Gasteiger partial charge is 0.475 e. The molecule has 1 atom stereocenters. The number of pyridine rings is 1. The maximum atomic E-state index is 13.2. The lowest BCUT2D eigenvalue weighted by molar-refractivity contribution is -0.193. The van der Waals surface area contributed by atoms with Crippen molar-refractivity contribution in [2.24, 2.45) is 5.41 Å². The normalized spacial score (nSPS) is 18.4. The zero-order valence-corrected chi connectivity index (χ0v) is 20.6. The van der Waals surface area contributed by atoms with Gasteiger partial charge in [-0.1, -0.05) is 6.07 Å². The van der Waals surface area contributed by atoms with E-state index in [0.29, 0.717) is 0 Å². The molecule has 8 nitrogen and oxygen atoms in total. The van der Waals surface area contributed by atoms with Crippen LogP contribution in [0.4, 0.5) is 30.7 Å². The summed E-state index contributed by atoms with van der Waals surface area (Å²) in [4.78, 5) is 29.4. The summed E-state index contributed by atoms with van der Waals surface area (Å²) in [6.45, 7) is 4.09. The Kier molecular flexibility index (Phi) is 9.18. The van der Waals surface area contributed by atoms with Gasteiger partial charge in [-0.15, -0.1) is 0 Å². The van der Waals surface area contributed by atoms with Gasteiger partial charge in [0.1, 0.15) is 11.6 Å². The highest BCUT2D eigenvalue weighted by molar-refractivity contribution is 5.73. The average Bonchev–Trinajstić information content (AvgIpc) is 3.54. The highest BCUT2D eigenvalue weighted by atomic mass is 19.4. The minimum Gasteiger partial charge on any atom is -0.475 e. The molecule has 0 radical (unpaired) electrons. The van der Waals surface area contributed by atoms with Crippen molar-refractivity contribution in [3.8, 4) is 11.3 Å². The van der Waals surface area contributed by atoms with E-state index in [-0.39, 0.29) is 11.2 Å². The first-order chi connectivity index (χ1) is 18.6. The van der Waals surface area contributed by atoms with Gasteiger partial charge in [-0.05, 0) is 54.9 Å². The van der Waals surface area contributed by atoms with Gasteiger partial charge in [-0.3, -0.25) is 9.88 Å². The first kappa shape index (κ1) is 30.5. The largest absolute Gasteiger partial charge is 0.490 e. The molecule has 1 spiro atoms. The summed E-state index contributed by atoms with van der Waals surface area (Å²) < 4.78 is 79.0. The number of halogens is 7. The van der Waals surface area contributed by atoms with Gasteiger partial charge in [0.2, 0.25) is 0 Å². The fourth-order valence-electron chi connectivity index (χ4n) is 4.47. The van der Waals surface area contributed by atoms with Crippen LogP contribution in [0.15, 0.2) is 54.9 Å². The standard InChI is InChI=1S/C21H21FN4.2C2HF3O2/c22-17-6-4-16(5-7-17)19-12-24-20-11-21(15-26(19)20)8-10-25(14-21)13-18-3-1-2-9-23-18;2*3-2(4,5)1(6)7/h1-7,9,12H,8,10-11,13-15H2;2*(H,6,7). The van der Waals surface area contributed by atoms with Gasteiger partial charge in [-0.2, -0.15) is 26.3 Å². The third-order valence-electron chi connectivity index (χ3n) is 6.22. The fourth-order valence-corrected chi connectivity index (χ4v) is 4.47. The number of nitrogens with zero attached hydrogens (tertiary/aromatic N) is 4. The lowest BCUT2D eigenvalue weighted by atomic mass is 9.86. The molecule has 0 aliphatic carbocycles. The van der Waals surface area contributed by atoms with Gasteiger partial charge in [0.15, 0.2) is 0 Å². The van der Waals surface area contributed by atoms with E-state index in [9.17, 15) is 30.7 Å². The number of likely N-dealkylation sites (tertiary alicyclic amines) is 1. The number of rotatable bonds is 3. The summed E-state index contributed by atoms with van der Waals surface area (Å²) in [5.41, 5.74) is 3.53. The predicted molar refractivity (Wildman–Crippen MR) is 125 cm³/mol. The van der Waals surface area contributed by atoms with Crippen molar-refractivity contribution in [2.45, 2.75) is 38.3 Å². The molecule has 1 saturated heterocycles. The van der Waals surface area contributed by atoms with Crippen LogP contribution in [-0.2, 0) is 29.1 Å². The molecule has 1 unspecified atom stereocenters. The lowest BCUT2D eigenvalue weighted by Crippen LogP contribution is -2.28. The molecule has 15 heteroatoms. The number of carboxylic acids is 2. The molecule has 0 saturated carbocycles. The van der Waals surface area contributed by atoms with Crippen LogP contribution in [0.5, 0.6) is 0 Å². The second-order valence-corrected chi connectivity index (χ2v) is 9.22. The van der Waals surface area contributed by atoms with Crippen molar-refractivity contribution >= 4 is 11.9 Å². The number of aliphatic carboxylic acids is 2. The van der Waals surface area contributed by atoms with Crippen molar-refractivity contribution in [3.63, 3.8) is 0 Å². The van der Waals surface area contributed by atoms with E-state index >= 15 is 0 Å². The molecule has 2 N–H and O–H groups in total. The molecule has 0 amide bonds. The Bertz CT molecular complexity index is 1290. The number of fused-ring (bicyclic) bond motifs is 1. The Balaban J connectivity index is 0.000000263. The number of benzene rings is 1. The van der Waals surface area contributed by atoms with E-state index in [2.05, 4.69) is 25.5 Å². The van der Waals surface area contributed by atoms with Crippen LogP contribution < -0.4 is 0 Å². The van der Waals surface area contributed by atoms with E-state index in [1.54, 1.807) is 0 Å². The number of carboxylic acid groups (broad SMARTS) is 2. The van der Waals surface area contributed by atoms with Crippen LogP contribution in [0.1, 0.15) is 17.9 Å². The van der Waals surface area contributed by atoms with E-state index in [0.717, 1.165) is 55.4 Å². The van der Waals surface area contributed by atoms with Crippen LogP contribution in [0.2, 0.25) is 0 Å². The molecule has 2 aliphatic rings. The Morgan fingerprint density at radius 2 is 1.50 bits per heavy atom. The number of aromatic nitrogens is 3. The van der Waals surface area contributed by atoms with E-state index in [4.69, 9.17) is 19.8 Å². The van der Waals surface area contributed by atoms with Gasteiger partial charge in [-0.25, -0.2) is 19.0 Å². The van der Waals surface area contributed by atoms with E-state index in [1.807, 2.05) is 36.7 Å². The van der Waals surface area contributed by atoms with Crippen LogP contribution in [0.25, 0.3) is 11.3 Å². The second-order valence-electron chi connectivity index (χ2n) is 9.22. The molecule has 1 aromatic carbocycles. The van der Waals surface area contributed by atoms with Gasteiger partial charge >= 0.3 is 24.3 Å². The van der Waals surface area contributed by atoms with Crippen molar-refractivity contribution in [2.75, 3.05) is 13.1 Å². The van der Waals surface area contributed by atoms with Crippen molar-refractivity contribution in [1.29, 1.82) is 0 Å². The molecule has 5 rings (SSSR count). The number of hydrogen-bond donors (Lipinski definition) is 2. The summed E-state index contributed by atoms with van der Waals surface area (Å²) in [5.74, 6) is -4.56. The average molecular weight is 576 g/mol. The SMILES string of the molecule is Fc1ccc(-c2cnc3n2CC2(CCN(Cc4ccccn4)C2)C3)cc1.O=C(O)C(F)(F)F.O=C(O)C(F)(F)F. The summed E-state index contributed by atoms with van der Waals surface area (Å²) in [5, 5.41) is 14.2. The summed E-state index contributed by atoms with van der Waals surface area (Å²) in [6.07, 6.45) is -4.17. The zero-order chi connectivity index (χ0) is 29.7. The maximum Gasteiger partial charge on any atom is 0.490 e. The number of carbonyl (C=O) groups is 2.